The quantitative estimate of drug-likeness (QED) is 0.529. The Kier molecular flexibility index (Phi) is 3.13. The summed E-state index contributed by atoms with van der Waals surface area (Å²) in [4.78, 5) is 24.1. The molecular weight excluding hydrogens is 300 g/mol. The number of hydrogen-bond donors (Lipinski definition) is 0. The summed E-state index contributed by atoms with van der Waals surface area (Å²) in [6, 6.07) is 18.6. The molecule has 0 saturated carbocycles. The van der Waals surface area contributed by atoms with Crippen LogP contribution in [0.5, 0.6) is 0 Å². The maximum absolute atomic E-state index is 12.6. The maximum Gasteiger partial charge on any atom is 0.255 e. The molecule has 4 nitrogen and oxygen atoms in total. The Morgan fingerprint density at radius 3 is 2.29 bits per heavy atom. The van der Waals surface area contributed by atoms with Crippen LogP contribution < -0.4 is 5.56 Å². The largest absolute Gasteiger partial charge is 0.342 e. The van der Waals surface area contributed by atoms with Crippen molar-refractivity contribution in [2.45, 2.75) is 6.92 Å². The van der Waals surface area contributed by atoms with Gasteiger partial charge in [-0.15, -0.1) is 0 Å². The van der Waals surface area contributed by atoms with Crippen LogP contribution in [0.25, 0.3) is 27.6 Å². The van der Waals surface area contributed by atoms with Crippen molar-refractivity contribution >= 4 is 27.7 Å². The summed E-state index contributed by atoms with van der Waals surface area (Å²) >= 11 is 0. The van der Waals surface area contributed by atoms with Crippen LogP contribution in [-0.4, -0.2) is 14.9 Å². The summed E-state index contributed by atoms with van der Waals surface area (Å²) in [5.74, 6) is 0.0114. The number of fused-ring (bicyclic) bond motifs is 3. The zero-order chi connectivity index (χ0) is 16.8. The standard InChI is InChI=1S/C20H16N2O2/c1-13(23)14-7-9-15(10-8-14)22-19(24)12-11-18-20(22)16-5-3-4-6-17(16)21(18)2/h3-12H,1-2H3. The van der Waals surface area contributed by atoms with E-state index in [0.717, 1.165) is 27.6 Å². The average molecular weight is 316 g/mol. The molecule has 0 aliphatic rings. The highest BCUT2D eigenvalue weighted by Gasteiger charge is 2.14. The van der Waals surface area contributed by atoms with E-state index in [0.29, 0.717) is 5.56 Å². The molecule has 0 atom stereocenters. The van der Waals surface area contributed by atoms with Crippen molar-refractivity contribution in [2.75, 3.05) is 0 Å². The molecule has 0 fully saturated rings. The number of aromatic nitrogens is 2. The van der Waals surface area contributed by atoms with Gasteiger partial charge >= 0.3 is 0 Å². The first-order chi connectivity index (χ1) is 11.6. The van der Waals surface area contributed by atoms with Crippen molar-refractivity contribution in [3.05, 3.63) is 76.6 Å². The van der Waals surface area contributed by atoms with E-state index >= 15 is 0 Å². The summed E-state index contributed by atoms with van der Waals surface area (Å²) in [7, 11) is 2.00. The number of benzene rings is 2. The van der Waals surface area contributed by atoms with Gasteiger partial charge in [-0.3, -0.25) is 14.2 Å². The van der Waals surface area contributed by atoms with Crippen LogP contribution in [-0.2, 0) is 7.05 Å². The Labute approximate surface area is 138 Å². The molecular formula is C20H16N2O2. The van der Waals surface area contributed by atoms with Gasteiger partial charge in [0.2, 0.25) is 0 Å². The third-order valence-corrected chi connectivity index (χ3v) is 4.48. The average Bonchev–Trinajstić information content (AvgIpc) is 2.88. The molecule has 0 N–H and O–H groups in total. The highest BCUT2D eigenvalue weighted by Crippen LogP contribution is 2.28. The molecule has 4 rings (SSSR count). The fraction of sp³-hybridized carbons (Fsp3) is 0.100. The van der Waals surface area contributed by atoms with Crippen LogP contribution in [0, 0.1) is 0 Å². The molecule has 0 spiro atoms. The molecule has 0 aliphatic carbocycles. The Bertz CT molecular complexity index is 1150. The number of rotatable bonds is 2. The van der Waals surface area contributed by atoms with Gasteiger partial charge in [0.05, 0.1) is 16.6 Å². The van der Waals surface area contributed by atoms with Crippen molar-refractivity contribution in [1.82, 2.24) is 9.13 Å². The normalized spacial score (nSPS) is 11.2. The predicted molar refractivity (Wildman–Crippen MR) is 96.0 cm³/mol. The van der Waals surface area contributed by atoms with Gasteiger partial charge in [-0.05, 0) is 43.3 Å². The third-order valence-electron chi connectivity index (χ3n) is 4.48. The van der Waals surface area contributed by atoms with E-state index in [9.17, 15) is 9.59 Å². The molecule has 2 heterocycles. The number of hydrogen-bond acceptors (Lipinski definition) is 2. The van der Waals surface area contributed by atoms with Gasteiger partial charge in [0.25, 0.3) is 5.56 Å². The second kappa shape index (κ2) is 5.20. The summed E-state index contributed by atoms with van der Waals surface area (Å²) in [6.45, 7) is 1.53. The minimum Gasteiger partial charge on any atom is -0.342 e. The third kappa shape index (κ3) is 2.00. The first-order valence-electron chi connectivity index (χ1n) is 7.78. The number of para-hydroxylation sites is 1. The van der Waals surface area contributed by atoms with Crippen molar-refractivity contribution < 1.29 is 4.79 Å². The van der Waals surface area contributed by atoms with Crippen molar-refractivity contribution in [1.29, 1.82) is 0 Å². The molecule has 0 amide bonds. The van der Waals surface area contributed by atoms with Gasteiger partial charge in [-0.25, -0.2) is 0 Å². The number of aryl methyl sites for hydroxylation is 1. The summed E-state index contributed by atoms with van der Waals surface area (Å²) in [5, 5.41) is 1.03. The zero-order valence-electron chi connectivity index (χ0n) is 13.5. The van der Waals surface area contributed by atoms with E-state index < -0.39 is 0 Å². The van der Waals surface area contributed by atoms with Crippen LogP contribution in [0.15, 0.2) is 65.5 Å². The van der Waals surface area contributed by atoms with Crippen LogP contribution in [0.3, 0.4) is 0 Å². The predicted octanol–water partition coefficient (Wildman–Crippen LogP) is 3.69. The molecule has 0 saturated heterocycles. The smallest absolute Gasteiger partial charge is 0.255 e. The Hall–Kier alpha value is -3.14. The van der Waals surface area contributed by atoms with Gasteiger partial charge in [-0.2, -0.15) is 0 Å². The van der Waals surface area contributed by atoms with E-state index in [1.54, 1.807) is 22.8 Å². The van der Waals surface area contributed by atoms with Crippen LogP contribution >= 0.6 is 0 Å². The Morgan fingerprint density at radius 2 is 1.58 bits per heavy atom. The number of nitrogens with zero attached hydrogens (tertiary/aromatic N) is 2. The lowest BCUT2D eigenvalue weighted by Crippen LogP contribution is -2.17. The van der Waals surface area contributed by atoms with E-state index in [1.165, 1.54) is 6.92 Å². The van der Waals surface area contributed by atoms with Crippen LogP contribution in [0.1, 0.15) is 17.3 Å². The fourth-order valence-corrected chi connectivity index (χ4v) is 3.26. The topological polar surface area (TPSA) is 44.0 Å². The van der Waals surface area contributed by atoms with Gasteiger partial charge in [0.1, 0.15) is 0 Å². The fourth-order valence-electron chi connectivity index (χ4n) is 3.26. The molecule has 118 valence electrons. The summed E-state index contributed by atoms with van der Waals surface area (Å²) < 4.78 is 3.80. The van der Waals surface area contributed by atoms with E-state index in [1.807, 2.05) is 49.5 Å². The lowest BCUT2D eigenvalue weighted by atomic mass is 10.1. The van der Waals surface area contributed by atoms with E-state index in [-0.39, 0.29) is 11.3 Å². The number of pyridine rings is 1. The van der Waals surface area contributed by atoms with Crippen molar-refractivity contribution in [2.24, 2.45) is 7.05 Å². The van der Waals surface area contributed by atoms with E-state index in [4.69, 9.17) is 0 Å². The molecule has 0 radical (unpaired) electrons. The summed E-state index contributed by atoms with van der Waals surface area (Å²) in [6.07, 6.45) is 0. The maximum atomic E-state index is 12.6. The first-order valence-corrected chi connectivity index (χ1v) is 7.78. The summed E-state index contributed by atoms with van der Waals surface area (Å²) in [5.41, 5.74) is 4.26. The number of carbonyl (C=O) groups is 1. The Balaban J connectivity index is 2.11. The number of carbonyl (C=O) groups excluding carboxylic acids is 1. The van der Waals surface area contributed by atoms with Crippen molar-refractivity contribution in [3.63, 3.8) is 0 Å². The minimum absolute atomic E-state index is 0.0114. The second-order valence-corrected chi connectivity index (χ2v) is 5.92. The Morgan fingerprint density at radius 1 is 0.875 bits per heavy atom. The van der Waals surface area contributed by atoms with Gasteiger partial charge in [0, 0.05) is 29.8 Å². The van der Waals surface area contributed by atoms with Crippen molar-refractivity contribution in [3.8, 4) is 5.69 Å². The molecule has 0 unspecified atom stereocenters. The second-order valence-electron chi connectivity index (χ2n) is 5.92. The SMILES string of the molecule is CC(=O)c1ccc(-n2c(=O)ccc3c2c2ccccc2n3C)cc1. The van der Waals surface area contributed by atoms with E-state index in [2.05, 4.69) is 4.57 Å². The molecule has 2 aromatic heterocycles. The van der Waals surface area contributed by atoms with Crippen LogP contribution in [0.4, 0.5) is 0 Å². The number of Topliss-reactive ketones (excluding diaryl/α,β-unsaturated/α-hetero) is 1. The lowest BCUT2D eigenvalue weighted by Gasteiger charge is -2.09. The minimum atomic E-state index is -0.0885. The molecule has 24 heavy (non-hydrogen) atoms. The highest BCUT2D eigenvalue weighted by atomic mass is 16.1. The highest BCUT2D eigenvalue weighted by molar-refractivity contribution is 6.06. The molecule has 4 heteroatoms. The van der Waals surface area contributed by atoms with Gasteiger partial charge in [-0.1, -0.05) is 18.2 Å². The monoisotopic (exact) mass is 316 g/mol. The van der Waals surface area contributed by atoms with Gasteiger partial charge in [0.15, 0.2) is 5.78 Å². The number of ketones is 1. The first kappa shape index (κ1) is 14.5. The zero-order valence-corrected chi connectivity index (χ0v) is 13.5. The van der Waals surface area contributed by atoms with Crippen LogP contribution in [0.2, 0.25) is 0 Å². The molecule has 0 aliphatic heterocycles. The molecule has 2 aromatic carbocycles. The van der Waals surface area contributed by atoms with Gasteiger partial charge < -0.3 is 4.57 Å². The molecule has 4 aromatic rings. The molecule has 0 bridgehead atoms. The lowest BCUT2D eigenvalue weighted by molar-refractivity contribution is 0.101.